The molecule has 0 spiro atoms. The molecule has 2 N–H and O–H groups in total. The highest BCUT2D eigenvalue weighted by molar-refractivity contribution is 7.99. The van der Waals surface area contributed by atoms with Gasteiger partial charge >= 0.3 is 5.97 Å². The number of hydrogen-bond donors (Lipinski definition) is 2. The Morgan fingerprint density at radius 1 is 1.40 bits per heavy atom. The van der Waals surface area contributed by atoms with Crippen LogP contribution in [0, 0.1) is 13.8 Å². The van der Waals surface area contributed by atoms with E-state index >= 15 is 0 Å². The van der Waals surface area contributed by atoms with Gasteiger partial charge in [-0.25, -0.2) is 17.9 Å². The molecule has 0 aromatic carbocycles. The lowest BCUT2D eigenvalue weighted by molar-refractivity contribution is 0.0691. The fourth-order valence-corrected chi connectivity index (χ4v) is 4.32. The Morgan fingerprint density at radius 3 is 2.50 bits per heavy atom. The Kier molecular flexibility index (Phi) is 5.67. The molecule has 1 unspecified atom stereocenters. The number of nitrogens with one attached hydrogen (secondary N) is 1. The van der Waals surface area contributed by atoms with Gasteiger partial charge in [0.2, 0.25) is 10.0 Å². The van der Waals surface area contributed by atoms with Crippen molar-refractivity contribution < 1.29 is 22.7 Å². The normalized spacial score (nSPS) is 13.4. The van der Waals surface area contributed by atoms with Gasteiger partial charge < -0.3 is 9.52 Å². The Bertz CT molecular complexity index is 591. The Labute approximate surface area is 123 Å². The van der Waals surface area contributed by atoms with Crippen molar-refractivity contribution in [2.45, 2.75) is 38.6 Å². The fraction of sp³-hybridized carbons (Fsp3) is 0.583. The molecular weight excluding hydrogens is 302 g/mol. The number of furan rings is 1. The summed E-state index contributed by atoms with van der Waals surface area (Å²) in [4.78, 5) is 10.9. The molecule has 1 rings (SSSR count). The van der Waals surface area contributed by atoms with E-state index in [0.717, 1.165) is 5.75 Å². The second-order valence-corrected chi connectivity index (χ2v) is 7.38. The monoisotopic (exact) mass is 321 g/mol. The third-order valence-corrected chi connectivity index (χ3v) is 5.50. The van der Waals surface area contributed by atoms with Gasteiger partial charge in [-0.3, -0.25) is 0 Å². The van der Waals surface area contributed by atoms with Crippen LogP contribution in [0.5, 0.6) is 0 Å². The van der Waals surface area contributed by atoms with E-state index in [1.807, 2.05) is 6.92 Å². The van der Waals surface area contributed by atoms with E-state index in [9.17, 15) is 13.2 Å². The van der Waals surface area contributed by atoms with Crippen molar-refractivity contribution in [1.29, 1.82) is 0 Å². The molecule has 1 aromatic heterocycles. The summed E-state index contributed by atoms with van der Waals surface area (Å²) >= 11 is 1.61. The quantitative estimate of drug-likeness (QED) is 0.797. The number of thioether (sulfide) groups is 1. The summed E-state index contributed by atoms with van der Waals surface area (Å²) in [5.74, 6) is 0.369. The molecule has 0 radical (unpaired) electrons. The summed E-state index contributed by atoms with van der Waals surface area (Å²) < 4.78 is 32.3. The van der Waals surface area contributed by atoms with Crippen LogP contribution in [0.3, 0.4) is 0 Å². The van der Waals surface area contributed by atoms with Gasteiger partial charge in [0, 0.05) is 11.8 Å². The predicted molar refractivity (Wildman–Crippen MR) is 77.9 cm³/mol. The summed E-state index contributed by atoms with van der Waals surface area (Å²) in [7, 11) is -3.91. The van der Waals surface area contributed by atoms with Gasteiger partial charge in [-0.1, -0.05) is 6.92 Å². The molecular formula is C12H19NO5S2. The van der Waals surface area contributed by atoms with Crippen LogP contribution in [0.1, 0.15) is 35.7 Å². The molecule has 6 nitrogen and oxygen atoms in total. The van der Waals surface area contributed by atoms with E-state index in [2.05, 4.69) is 4.72 Å². The smallest absolute Gasteiger partial charge is 0.340 e. The molecule has 1 heterocycles. The first-order valence-corrected chi connectivity index (χ1v) is 8.77. The topological polar surface area (TPSA) is 96.6 Å². The van der Waals surface area contributed by atoms with E-state index in [-0.39, 0.29) is 28.0 Å². The van der Waals surface area contributed by atoms with Gasteiger partial charge in [-0.2, -0.15) is 11.8 Å². The van der Waals surface area contributed by atoms with Crippen LogP contribution in [0.2, 0.25) is 0 Å². The number of sulfonamides is 1. The molecule has 114 valence electrons. The number of carbonyl (C=O) groups is 1. The first-order chi connectivity index (χ1) is 9.20. The van der Waals surface area contributed by atoms with Gasteiger partial charge in [0.25, 0.3) is 0 Å². The van der Waals surface area contributed by atoms with Crippen LogP contribution in [0.25, 0.3) is 0 Å². The van der Waals surface area contributed by atoms with Crippen LogP contribution < -0.4 is 4.72 Å². The number of rotatable bonds is 7. The molecule has 8 heteroatoms. The summed E-state index contributed by atoms with van der Waals surface area (Å²) in [5, 5.41) is 9.14. The van der Waals surface area contributed by atoms with Gasteiger partial charge in [0.05, 0.1) is 0 Å². The minimum absolute atomic E-state index is 0.0859. The maximum absolute atomic E-state index is 12.3. The average Bonchev–Trinajstić information content (AvgIpc) is 2.61. The van der Waals surface area contributed by atoms with Crippen molar-refractivity contribution in [2.24, 2.45) is 0 Å². The zero-order valence-corrected chi connectivity index (χ0v) is 13.5. The maximum atomic E-state index is 12.3. The third kappa shape index (κ3) is 3.77. The molecule has 0 saturated heterocycles. The fourth-order valence-electron chi connectivity index (χ4n) is 1.89. The van der Waals surface area contributed by atoms with E-state index in [1.54, 1.807) is 18.7 Å². The largest absolute Gasteiger partial charge is 0.478 e. The SMILES string of the molecule is CCSCC(C)NS(=O)(=O)c1c(C)oc(C)c1C(=O)O. The summed E-state index contributed by atoms with van der Waals surface area (Å²) in [6.07, 6.45) is 0. The zero-order valence-electron chi connectivity index (χ0n) is 11.9. The van der Waals surface area contributed by atoms with E-state index in [4.69, 9.17) is 9.52 Å². The highest BCUT2D eigenvalue weighted by Crippen LogP contribution is 2.26. The van der Waals surface area contributed by atoms with Crippen LogP contribution in [0.4, 0.5) is 0 Å². The number of carboxylic acid groups (broad SMARTS) is 1. The van der Waals surface area contributed by atoms with Crippen molar-refractivity contribution in [2.75, 3.05) is 11.5 Å². The van der Waals surface area contributed by atoms with Gasteiger partial charge in [0.15, 0.2) is 0 Å². The van der Waals surface area contributed by atoms with E-state index in [1.165, 1.54) is 13.8 Å². The lowest BCUT2D eigenvalue weighted by atomic mass is 10.2. The Morgan fingerprint density at radius 2 is 2.00 bits per heavy atom. The average molecular weight is 321 g/mol. The predicted octanol–water partition coefficient (Wildman–Crippen LogP) is 2.01. The van der Waals surface area contributed by atoms with Crippen molar-refractivity contribution >= 4 is 27.8 Å². The van der Waals surface area contributed by atoms with Crippen LogP contribution >= 0.6 is 11.8 Å². The summed E-state index contributed by atoms with van der Waals surface area (Å²) in [6.45, 7) is 6.60. The second kappa shape index (κ2) is 6.64. The highest BCUT2D eigenvalue weighted by Gasteiger charge is 2.31. The molecule has 20 heavy (non-hydrogen) atoms. The molecule has 0 bridgehead atoms. The van der Waals surface area contributed by atoms with Crippen molar-refractivity contribution in [1.82, 2.24) is 4.72 Å². The van der Waals surface area contributed by atoms with Crippen molar-refractivity contribution in [3.05, 3.63) is 17.1 Å². The standard InChI is InChI=1S/C12H19NO5S2/c1-5-19-6-7(2)13-20(16,17)11-9(4)18-8(3)10(11)12(14)15/h7,13H,5-6H2,1-4H3,(H,14,15). The number of hydrogen-bond acceptors (Lipinski definition) is 5. The summed E-state index contributed by atoms with van der Waals surface area (Å²) in [6, 6.07) is -0.291. The van der Waals surface area contributed by atoms with Crippen LogP contribution in [-0.4, -0.2) is 37.0 Å². The number of aromatic carboxylic acids is 1. The van der Waals surface area contributed by atoms with Gasteiger partial charge in [0.1, 0.15) is 22.0 Å². The van der Waals surface area contributed by atoms with Gasteiger partial charge in [-0.15, -0.1) is 0 Å². The molecule has 0 saturated carbocycles. The summed E-state index contributed by atoms with van der Waals surface area (Å²) in [5.41, 5.74) is -0.301. The molecule has 0 amide bonds. The minimum atomic E-state index is -3.91. The number of aryl methyl sites for hydroxylation is 2. The van der Waals surface area contributed by atoms with Crippen LogP contribution in [0.15, 0.2) is 9.31 Å². The van der Waals surface area contributed by atoms with Crippen molar-refractivity contribution in [3.63, 3.8) is 0 Å². The molecule has 0 aliphatic heterocycles. The first-order valence-electron chi connectivity index (χ1n) is 6.14. The molecule has 0 fully saturated rings. The second-order valence-electron chi connectivity index (χ2n) is 4.41. The molecule has 1 atom stereocenters. The maximum Gasteiger partial charge on any atom is 0.340 e. The van der Waals surface area contributed by atoms with E-state index in [0.29, 0.717) is 5.75 Å². The Hall–Kier alpha value is -0.990. The first kappa shape index (κ1) is 17.1. The molecule has 0 aliphatic carbocycles. The molecule has 1 aromatic rings. The van der Waals surface area contributed by atoms with E-state index < -0.39 is 16.0 Å². The van der Waals surface area contributed by atoms with Crippen molar-refractivity contribution in [3.8, 4) is 0 Å². The molecule has 0 aliphatic rings. The minimum Gasteiger partial charge on any atom is -0.478 e. The lowest BCUT2D eigenvalue weighted by Gasteiger charge is -2.13. The zero-order chi connectivity index (χ0) is 15.5. The highest BCUT2D eigenvalue weighted by atomic mass is 32.2. The van der Waals surface area contributed by atoms with Gasteiger partial charge in [-0.05, 0) is 26.5 Å². The van der Waals surface area contributed by atoms with Crippen LogP contribution in [-0.2, 0) is 10.0 Å². The number of carboxylic acids is 1. The third-order valence-electron chi connectivity index (χ3n) is 2.62. The lowest BCUT2D eigenvalue weighted by Crippen LogP contribution is -2.35. The Balaban J connectivity index is 3.13.